The number of imidazole rings is 2. The number of nitriles is 2. The third-order valence-electron chi connectivity index (χ3n) is 16.6. The number of halogens is 6. The Morgan fingerprint density at radius 3 is 1.28 bits per heavy atom. The summed E-state index contributed by atoms with van der Waals surface area (Å²) in [6, 6.07) is 34.6. The van der Waals surface area contributed by atoms with Gasteiger partial charge >= 0.3 is 11.9 Å². The van der Waals surface area contributed by atoms with Gasteiger partial charge in [-0.2, -0.15) is 10.5 Å². The summed E-state index contributed by atoms with van der Waals surface area (Å²) in [7, 11) is 0. The van der Waals surface area contributed by atoms with Crippen molar-refractivity contribution < 1.29 is 65.1 Å². The first-order valence-corrected chi connectivity index (χ1v) is 27.7. The van der Waals surface area contributed by atoms with Crippen LogP contribution in [0.25, 0.3) is 44.6 Å². The number of aromatic carboxylic acids is 2. The average molecular weight is 1190 g/mol. The molecule has 4 aromatic heterocycles. The van der Waals surface area contributed by atoms with Crippen LogP contribution in [0.4, 0.5) is 26.3 Å². The van der Waals surface area contributed by atoms with Crippen LogP contribution in [0.3, 0.4) is 0 Å². The number of carbonyl (C=O) groups is 2. The first-order chi connectivity index (χ1) is 42.4. The highest BCUT2D eigenvalue weighted by Gasteiger charge is 2.56. The molecule has 0 radical (unpaired) electrons. The van der Waals surface area contributed by atoms with Crippen molar-refractivity contribution in [1.29, 1.82) is 10.5 Å². The first-order valence-electron chi connectivity index (χ1n) is 27.7. The van der Waals surface area contributed by atoms with Crippen LogP contribution in [0, 0.1) is 57.6 Å². The molecule has 0 amide bonds. The minimum Gasteiger partial charge on any atom is -0.478 e. The molecule has 0 unspecified atom stereocenters. The summed E-state index contributed by atoms with van der Waals surface area (Å²) in [5, 5.41) is 36.9. The van der Waals surface area contributed by atoms with Crippen LogP contribution in [0.2, 0.25) is 0 Å². The zero-order valence-corrected chi connectivity index (χ0v) is 46.1. The molecule has 6 fully saturated rings. The van der Waals surface area contributed by atoms with Crippen LogP contribution in [0.5, 0.6) is 11.8 Å². The smallest absolute Gasteiger partial charge is 0.335 e. The quantitative estimate of drug-likeness (QED) is 0.0860. The van der Waals surface area contributed by atoms with Gasteiger partial charge in [0.1, 0.15) is 59.8 Å². The Hall–Kier alpha value is -10.4. The Morgan fingerprint density at radius 1 is 0.511 bits per heavy atom. The predicted molar refractivity (Wildman–Crippen MR) is 303 cm³/mol. The molecule has 4 saturated heterocycles. The molecule has 440 valence electrons. The molecule has 10 aromatic rings. The van der Waals surface area contributed by atoms with Crippen LogP contribution in [-0.4, -0.2) is 76.6 Å². The van der Waals surface area contributed by atoms with Gasteiger partial charge in [-0.1, -0.05) is 24.3 Å². The molecular weight excluding hydrogens is 1150 g/mol. The van der Waals surface area contributed by atoms with Gasteiger partial charge in [0.15, 0.2) is 0 Å². The number of hydrogen-bond acceptors (Lipinski definition) is 12. The Kier molecular flexibility index (Phi) is 14.5. The molecule has 6 aliphatic rings. The van der Waals surface area contributed by atoms with Crippen molar-refractivity contribution in [1.82, 2.24) is 29.1 Å². The summed E-state index contributed by atoms with van der Waals surface area (Å²) in [6.45, 7) is 0.522. The first kappa shape index (κ1) is 56.7. The molecule has 0 atom stereocenters. The molecule has 22 heteroatoms. The highest BCUT2D eigenvalue weighted by atomic mass is 19.1. The summed E-state index contributed by atoms with van der Waals surface area (Å²) in [5.74, 6) is -4.92. The Morgan fingerprint density at radius 2 is 0.920 bits per heavy atom. The van der Waals surface area contributed by atoms with Gasteiger partial charge in [0.25, 0.3) is 0 Å². The number of pyridine rings is 2. The predicted octanol–water partition coefficient (Wildman–Crippen LogP) is 12.3. The van der Waals surface area contributed by atoms with Crippen LogP contribution in [0.15, 0.2) is 133 Å². The van der Waals surface area contributed by atoms with Crippen molar-refractivity contribution in [3.05, 3.63) is 225 Å². The van der Waals surface area contributed by atoms with Gasteiger partial charge < -0.3 is 38.3 Å². The van der Waals surface area contributed by atoms with Gasteiger partial charge in [0.2, 0.25) is 11.8 Å². The second-order valence-corrected chi connectivity index (χ2v) is 22.2. The summed E-state index contributed by atoms with van der Waals surface area (Å²) in [6.07, 6.45) is 3.12. The topological polar surface area (TPSA) is 221 Å². The van der Waals surface area contributed by atoms with Gasteiger partial charge in [-0.15, -0.1) is 0 Å². The molecule has 0 spiro atoms. The third kappa shape index (κ3) is 10.6. The summed E-state index contributed by atoms with van der Waals surface area (Å²) < 4.78 is 117. The van der Waals surface area contributed by atoms with Crippen molar-refractivity contribution in [2.24, 2.45) is 0 Å². The minimum atomic E-state index is -1.07. The normalized spacial score (nSPS) is 18.6. The minimum absolute atomic E-state index is 0.0285. The number of benzene rings is 6. The Balaban J connectivity index is 0.000000162. The van der Waals surface area contributed by atoms with E-state index >= 15 is 17.6 Å². The van der Waals surface area contributed by atoms with Gasteiger partial charge in [0, 0.05) is 47.2 Å². The molecule has 2 aliphatic carbocycles. The van der Waals surface area contributed by atoms with Gasteiger partial charge in [-0.3, -0.25) is 0 Å². The second-order valence-electron chi connectivity index (χ2n) is 22.2. The number of carboxylic acids is 2. The van der Waals surface area contributed by atoms with E-state index in [4.69, 9.17) is 39.4 Å². The molecule has 4 bridgehead atoms. The number of ether oxygens (including phenoxy) is 4. The molecule has 8 heterocycles. The second kappa shape index (κ2) is 22.5. The van der Waals surface area contributed by atoms with E-state index < -0.39 is 57.9 Å². The van der Waals surface area contributed by atoms with Crippen molar-refractivity contribution in [3.63, 3.8) is 0 Å². The number of hydrogen-bond donors (Lipinski definition) is 2. The molecule has 88 heavy (non-hydrogen) atoms. The fraction of sp³-hybridized carbons (Fsp3) is 0.212. The van der Waals surface area contributed by atoms with Crippen LogP contribution >= 0.6 is 0 Å². The molecule has 16 nitrogen and oxygen atoms in total. The third-order valence-corrected chi connectivity index (χ3v) is 16.6. The molecule has 6 aromatic carbocycles. The maximum Gasteiger partial charge on any atom is 0.335 e. The van der Waals surface area contributed by atoms with E-state index in [1.807, 2.05) is 21.3 Å². The number of fused-ring (bicyclic) bond motifs is 4. The largest absolute Gasteiger partial charge is 0.478 e. The number of carboxylic acid groups (broad SMARTS) is 2. The van der Waals surface area contributed by atoms with Crippen LogP contribution in [-0.2, 0) is 46.6 Å². The van der Waals surface area contributed by atoms with E-state index in [2.05, 4.69) is 9.97 Å². The number of aromatic nitrogens is 6. The SMILES string of the molecule is N#Cc1ccc(COc2cccc(-c3cc(F)c(Cc4nc5ccc(C(=O)O)cc5n4C45COC(C4)C5)cc3F)n2)c(F)c1.N#Cc1ccc(COc2cccc(-c3cc(F)c(Cc4nc5ccc(C(=O)O)cc5n4C45COC(C4)C5)cc3F)n2)c(F)c1. The van der Waals surface area contributed by atoms with E-state index in [1.165, 1.54) is 60.7 Å². The highest BCUT2D eigenvalue weighted by molar-refractivity contribution is 5.93. The van der Waals surface area contributed by atoms with Gasteiger partial charge in [-0.25, -0.2) is 55.9 Å². The molecule has 16 rings (SSSR count). The fourth-order valence-electron chi connectivity index (χ4n) is 12.1. The van der Waals surface area contributed by atoms with E-state index in [-0.39, 0.29) is 117 Å². The van der Waals surface area contributed by atoms with Crippen molar-refractivity contribution in [3.8, 4) is 46.4 Å². The average Bonchev–Trinajstić information content (AvgIpc) is 1.57. The molecule has 2 saturated carbocycles. The summed E-state index contributed by atoms with van der Waals surface area (Å²) in [5.41, 5.74) is 2.80. The van der Waals surface area contributed by atoms with Crippen molar-refractivity contribution in [2.75, 3.05) is 13.2 Å². The summed E-state index contributed by atoms with van der Waals surface area (Å²) >= 11 is 0. The molecular formula is C66H46F6N8O8. The maximum absolute atomic E-state index is 15.6. The lowest BCUT2D eigenvalue weighted by Gasteiger charge is -2.38. The van der Waals surface area contributed by atoms with Crippen molar-refractivity contribution in [2.45, 2.75) is 75.0 Å². The standard InChI is InChI=1S/2C33H23F3N4O4/c2*34-24-8-18(15-37)4-5-20(24)16-43-31-3-1-2-27(39-31)23-12-25(35)21(9-26(23)36)11-30-38-28-7-6-19(32(41)42)10-29(28)40(30)33-13-22(14-33)44-17-33/h2*1-10,12,22H,11,13-14,16-17H2,(H,41,42). The molecule has 2 N–H and O–H groups in total. The zero-order chi connectivity index (χ0) is 61.2. The van der Waals surface area contributed by atoms with E-state index in [1.54, 1.807) is 36.4 Å². The van der Waals surface area contributed by atoms with Gasteiger partial charge in [-0.05, 0) is 134 Å². The van der Waals surface area contributed by atoms with E-state index in [0.717, 1.165) is 62.1 Å². The maximum atomic E-state index is 15.6. The number of nitrogens with zero attached hydrogens (tertiary/aromatic N) is 8. The zero-order valence-electron chi connectivity index (χ0n) is 46.1. The lowest BCUT2D eigenvalue weighted by molar-refractivity contribution is 0.0686. The lowest BCUT2D eigenvalue weighted by Crippen LogP contribution is -2.43. The Bertz CT molecular complexity index is 4300. The van der Waals surface area contributed by atoms with E-state index in [0.29, 0.717) is 46.9 Å². The highest BCUT2D eigenvalue weighted by Crippen LogP contribution is 2.52. The van der Waals surface area contributed by atoms with Crippen molar-refractivity contribution >= 4 is 34.0 Å². The molecule has 4 aliphatic heterocycles. The van der Waals surface area contributed by atoms with Gasteiger partial charge in [0.05, 0.1) is 104 Å². The lowest BCUT2D eigenvalue weighted by atomic mass is 9.77. The monoisotopic (exact) mass is 1190 g/mol. The summed E-state index contributed by atoms with van der Waals surface area (Å²) in [4.78, 5) is 41.3. The van der Waals surface area contributed by atoms with E-state index in [9.17, 15) is 28.6 Å². The fourth-order valence-corrected chi connectivity index (χ4v) is 12.1. The Labute approximate surface area is 496 Å². The number of rotatable bonds is 16. The van der Waals surface area contributed by atoms with Crippen LogP contribution < -0.4 is 9.47 Å². The van der Waals surface area contributed by atoms with Crippen LogP contribution in [0.1, 0.15) is 91.4 Å².